The highest BCUT2D eigenvalue weighted by molar-refractivity contribution is 5.98. The molecule has 31 heavy (non-hydrogen) atoms. The molecule has 3 rings (SSSR count). The number of esters is 1. The lowest BCUT2D eigenvalue weighted by Crippen LogP contribution is -2.20. The van der Waals surface area contributed by atoms with Gasteiger partial charge in [-0.3, -0.25) is 9.20 Å². The third kappa shape index (κ3) is 4.48. The van der Waals surface area contributed by atoms with Gasteiger partial charge in [0.2, 0.25) is 5.88 Å². The zero-order valence-electron chi connectivity index (χ0n) is 18.1. The number of fused-ring (bicyclic) bond motifs is 1. The van der Waals surface area contributed by atoms with Gasteiger partial charge in [0, 0.05) is 6.20 Å². The maximum atomic E-state index is 13.2. The van der Waals surface area contributed by atoms with E-state index in [1.807, 2.05) is 25.1 Å². The minimum absolute atomic E-state index is 0.000498. The molecule has 3 aromatic rings. The van der Waals surface area contributed by atoms with Gasteiger partial charge in [-0.05, 0) is 47.7 Å². The van der Waals surface area contributed by atoms with Crippen molar-refractivity contribution in [3.63, 3.8) is 0 Å². The van der Waals surface area contributed by atoms with E-state index in [4.69, 9.17) is 4.74 Å². The smallest absolute Gasteiger partial charge is 0.348 e. The molecule has 0 saturated heterocycles. The molecule has 2 heterocycles. The van der Waals surface area contributed by atoms with E-state index in [1.165, 1.54) is 4.40 Å². The molecule has 0 saturated carbocycles. The lowest BCUT2D eigenvalue weighted by atomic mass is 9.87. The minimum Gasteiger partial charge on any atom is -0.465 e. The Morgan fingerprint density at radius 3 is 2.45 bits per heavy atom. The van der Waals surface area contributed by atoms with Crippen molar-refractivity contribution in [1.29, 1.82) is 5.26 Å². The summed E-state index contributed by atoms with van der Waals surface area (Å²) in [6.07, 6.45) is 2.72. The first-order valence-electron chi connectivity index (χ1n) is 9.66. The Hall–Kier alpha value is -3.92. The molecule has 0 atom stereocenters. The number of nitriles is 1. The highest BCUT2D eigenvalue weighted by atomic mass is 16.5. The summed E-state index contributed by atoms with van der Waals surface area (Å²) in [5.74, 6) is -0.375. The van der Waals surface area contributed by atoms with Crippen molar-refractivity contribution in [3.8, 4) is 17.7 Å². The number of hydrogen-bond acceptors (Lipinski definition) is 6. The van der Waals surface area contributed by atoms with Gasteiger partial charge in [0.15, 0.2) is 0 Å². The molecular weight excluding hydrogens is 394 g/mol. The molecule has 7 nitrogen and oxygen atoms in total. The lowest BCUT2D eigenvalue weighted by molar-refractivity contribution is -0.135. The SMILES string of the molecule is COC(=O)/C(C#N)=C/c1c(Oc2ccc(C(C)(C)C)cc2)nc2c(C)cccn2c1=O. The van der Waals surface area contributed by atoms with Crippen molar-refractivity contribution < 1.29 is 14.3 Å². The molecule has 0 amide bonds. The van der Waals surface area contributed by atoms with E-state index in [2.05, 4.69) is 30.5 Å². The molecule has 0 N–H and O–H groups in total. The van der Waals surface area contributed by atoms with E-state index in [1.54, 1.807) is 30.5 Å². The summed E-state index contributed by atoms with van der Waals surface area (Å²) < 4.78 is 11.9. The predicted molar refractivity (Wildman–Crippen MR) is 117 cm³/mol. The van der Waals surface area contributed by atoms with E-state index in [0.717, 1.165) is 24.3 Å². The maximum Gasteiger partial charge on any atom is 0.348 e. The number of carbonyl (C=O) groups is 1. The molecule has 158 valence electrons. The molecule has 0 aliphatic carbocycles. The van der Waals surface area contributed by atoms with Gasteiger partial charge in [0.05, 0.1) is 7.11 Å². The monoisotopic (exact) mass is 417 g/mol. The van der Waals surface area contributed by atoms with Crippen molar-refractivity contribution in [2.45, 2.75) is 33.1 Å². The lowest BCUT2D eigenvalue weighted by Gasteiger charge is -2.19. The number of pyridine rings is 1. The molecule has 7 heteroatoms. The highest BCUT2D eigenvalue weighted by Gasteiger charge is 2.19. The van der Waals surface area contributed by atoms with Crippen LogP contribution in [-0.2, 0) is 14.9 Å². The Kier molecular flexibility index (Phi) is 5.93. The molecule has 0 spiro atoms. The number of ether oxygens (including phenoxy) is 2. The van der Waals surface area contributed by atoms with Crippen LogP contribution < -0.4 is 10.3 Å². The molecule has 0 bridgehead atoms. The average molecular weight is 417 g/mol. The van der Waals surface area contributed by atoms with Gasteiger partial charge < -0.3 is 9.47 Å². The summed E-state index contributed by atoms with van der Waals surface area (Å²) in [6.45, 7) is 8.15. The minimum atomic E-state index is -0.850. The Morgan fingerprint density at radius 1 is 1.19 bits per heavy atom. The van der Waals surface area contributed by atoms with Crippen LogP contribution in [0, 0.1) is 18.3 Å². The quantitative estimate of drug-likeness (QED) is 0.359. The van der Waals surface area contributed by atoms with Crippen molar-refractivity contribution in [2.24, 2.45) is 0 Å². The number of methoxy groups -OCH3 is 1. The van der Waals surface area contributed by atoms with Crippen LogP contribution in [0.5, 0.6) is 11.6 Å². The summed E-state index contributed by atoms with van der Waals surface area (Å²) >= 11 is 0. The van der Waals surface area contributed by atoms with Crippen molar-refractivity contribution in [1.82, 2.24) is 9.38 Å². The van der Waals surface area contributed by atoms with Crippen LogP contribution in [0.2, 0.25) is 0 Å². The van der Waals surface area contributed by atoms with Crippen LogP contribution in [0.3, 0.4) is 0 Å². The third-order valence-corrected chi connectivity index (χ3v) is 4.80. The fourth-order valence-corrected chi connectivity index (χ4v) is 3.02. The van der Waals surface area contributed by atoms with Gasteiger partial charge >= 0.3 is 5.97 Å². The second kappa shape index (κ2) is 8.44. The second-order valence-corrected chi connectivity index (χ2v) is 8.06. The molecular formula is C24H23N3O4. The van der Waals surface area contributed by atoms with Gasteiger partial charge in [-0.2, -0.15) is 10.2 Å². The van der Waals surface area contributed by atoms with Crippen LogP contribution in [0.1, 0.15) is 37.5 Å². The molecule has 0 radical (unpaired) electrons. The predicted octanol–water partition coefficient (Wildman–Crippen LogP) is 4.17. The van der Waals surface area contributed by atoms with E-state index in [9.17, 15) is 14.9 Å². The second-order valence-electron chi connectivity index (χ2n) is 8.06. The first-order valence-corrected chi connectivity index (χ1v) is 9.66. The van der Waals surface area contributed by atoms with Crippen molar-refractivity contribution in [3.05, 3.63) is 75.2 Å². The topological polar surface area (TPSA) is 93.7 Å². The van der Waals surface area contributed by atoms with Gasteiger partial charge in [-0.25, -0.2) is 4.79 Å². The molecule has 0 aliphatic heterocycles. The zero-order valence-corrected chi connectivity index (χ0v) is 18.1. The first-order chi connectivity index (χ1) is 14.7. The number of aryl methyl sites for hydroxylation is 1. The van der Waals surface area contributed by atoms with Crippen LogP contribution in [0.4, 0.5) is 0 Å². The first kappa shape index (κ1) is 21.8. The third-order valence-electron chi connectivity index (χ3n) is 4.80. The normalized spacial score (nSPS) is 11.8. The number of aromatic nitrogens is 2. The van der Waals surface area contributed by atoms with Gasteiger partial charge in [0.1, 0.15) is 28.6 Å². The van der Waals surface area contributed by atoms with E-state index in [0.29, 0.717) is 11.4 Å². The van der Waals surface area contributed by atoms with Gasteiger partial charge in [-0.1, -0.05) is 39.0 Å². The van der Waals surface area contributed by atoms with Crippen LogP contribution in [0.25, 0.3) is 11.7 Å². The van der Waals surface area contributed by atoms with E-state index >= 15 is 0 Å². The zero-order chi connectivity index (χ0) is 22.8. The molecule has 0 aliphatic rings. The Balaban J connectivity index is 2.20. The number of nitrogens with zero attached hydrogens (tertiary/aromatic N) is 3. The summed E-state index contributed by atoms with van der Waals surface area (Å²) in [7, 11) is 1.16. The molecule has 0 unspecified atom stereocenters. The Labute approximate surface area is 180 Å². The maximum absolute atomic E-state index is 13.2. The Morgan fingerprint density at radius 2 is 1.87 bits per heavy atom. The number of rotatable bonds is 4. The van der Waals surface area contributed by atoms with Gasteiger partial charge in [-0.15, -0.1) is 0 Å². The summed E-state index contributed by atoms with van der Waals surface area (Å²) in [6, 6.07) is 12.8. The summed E-state index contributed by atoms with van der Waals surface area (Å²) in [4.78, 5) is 29.6. The van der Waals surface area contributed by atoms with Crippen molar-refractivity contribution >= 4 is 17.7 Å². The van der Waals surface area contributed by atoms with Gasteiger partial charge in [0.25, 0.3) is 5.56 Å². The van der Waals surface area contributed by atoms with Crippen molar-refractivity contribution in [2.75, 3.05) is 7.11 Å². The number of hydrogen-bond donors (Lipinski definition) is 0. The van der Waals surface area contributed by atoms with E-state index < -0.39 is 11.5 Å². The fourth-order valence-electron chi connectivity index (χ4n) is 3.02. The number of carbonyl (C=O) groups excluding carboxylic acids is 1. The standard InChI is InChI=1S/C24H23N3O4/c1-15-7-6-12-27-20(15)26-21(19(22(27)28)13-16(14-25)23(29)30-5)31-18-10-8-17(9-11-18)24(2,3)4/h6-13H,1-5H3/b16-13+. The Bertz CT molecular complexity index is 1270. The van der Waals surface area contributed by atoms with Crippen LogP contribution >= 0.6 is 0 Å². The molecule has 1 aromatic carbocycles. The summed E-state index contributed by atoms with van der Waals surface area (Å²) in [5, 5.41) is 9.34. The largest absolute Gasteiger partial charge is 0.465 e. The summed E-state index contributed by atoms with van der Waals surface area (Å²) in [5.41, 5.74) is 1.48. The van der Waals surface area contributed by atoms with Crippen LogP contribution in [0.15, 0.2) is 53.0 Å². The van der Waals surface area contributed by atoms with E-state index in [-0.39, 0.29) is 22.4 Å². The highest BCUT2D eigenvalue weighted by Crippen LogP contribution is 2.28. The number of benzene rings is 1. The van der Waals surface area contributed by atoms with Crippen LogP contribution in [-0.4, -0.2) is 22.5 Å². The average Bonchev–Trinajstić information content (AvgIpc) is 2.73. The fraction of sp³-hybridized carbons (Fsp3) is 0.250. The molecule has 2 aromatic heterocycles. The molecule has 0 fully saturated rings.